The summed E-state index contributed by atoms with van der Waals surface area (Å²) < 4.78 is 5.31. The molecule has 0 radical (unpaired) electrons. The van der Waals surface area contributed by atoms with Crippen LogP contribution >= 0.6 is 11.6 Å². The lowest BCUT2D eigenvalue weighted by atomic mass is 10.2. The molecule has 0 aromatic carbocycles. The number of halogens is 1. The van der Waals surface area contributed by atoms with Crippen LogP contribution in [0.3, 0.4) is 0 Å². The first-order valence-corrected chi connectivity index (χ1v) is 3.35. The first-order valence-electron chi connectivity index (χ1n) is 2.97. The van der Waals surface area contributed by atoms with E-state index in [2.05, 4.69) is 0 Å². The van der Waals surface area contributed by atoms with Crippen LogP contribution < -0.4 is 0 Å². The van der Waals surface area contributed by atoms with Gasteiger partial charge in [0.25, 0.3) is 0 Å². The van der Waals surface area contributed by atoms with Gasteiger partial charge in [0.15, 0.2) is 0 Å². The van der Waals surface area contributed by atoms with Gasteiger partial charge in [0.05, 0.1) is 6.10 Å². The smallest absolute Gasteiger partial charge is 0.139 e. The van der Waals surface area contributed by atoms with Crippen molar-refractivity contribution in [3.8, 4) is 0 Å². The third-order valence-corrected chi connectivity index (χ3v) is 1.72. The summed E-state index contributed by atoms with van der Waals surface area (Å²) in [6.07, 6.45) is 2.44. The average Bonchev–Trinajstić information content (AvgIpc) is 1.82. The van der Waals surface area contributed by atoms with Gasteiger partial charge in [-0.3, -0.25) is 0 Å². The van der Waals surface area contributed by atoms with E-state index < -0.39 is 0 Å². The number of hydrogen-bond donors (Lipinski definition) is 0. The Bertz CT molecular complexity index is 90.5. The number of ether oxygens (including phenoxy) is 1. The maximum absolute atomic E-state index is 5.84. The molecule has 0 N–H and O–H groups in total. The largest absolute Gasteiger partial charge is 0.357 e. The van der Waals surface area contributed by atoms with Crippen molar-refractivity contribution in [2.45, 2.75) is 37.9 Å². The minimum absolute atomic E-state index is 0.359. The van der Waals surface area contributed by atoms with Crippen LogP contribution in [0.5, 0.6) is 0 Å². The summed E-state index contributed by atoms with van der Waals surface area (Å²) in [4.78, 5) is 0. The first kappa shape index (κ1) is 6.37. The van der Waals surface area contributed by atoms with Gasteiger partial charge in [0.2, 0.25) is 0 Å². The van der Waals surface area contributed by atoms with E-state index in [0.717, 1.165) is 12.8 Å². The number of rotatable bonds is 0. The van der Waals surface area contributed by atoms with Gasteiger partial charge in [-0.1, -0.05) is 11.6 Å². The van der Waals surface area contributed by atoms with E-state index in [-0.39, 0.29) is 5.06 Å². The zero-order valence-electron chi connectivity index (χ0n) is 5.28. The molecule has 0 bridgehead atoms. The Balaban J connectivity index is 2.44. The van der Waals surface area contributed by atoms with E-state index >= 15 is 0 Å². The summed E-state index contributed by atoms with van der Waals surface area (Å²) in [5.41, 5.74) is 0. The second kappa shape index (κ2) is 1.89. The molecule has 0 saturated carbocycles. The van der Waals surface area contributed by atoms with Gasteiger partial charge in [-0.25, -0.2) is 0 Å². The Morgan fingerprint density at radius 1 is 1.75 bits per heavy atom. The molecule has 2 heteroatoms. The van der Waals surface area contributed by atoms with Crippen LogP contribution in [-0.4, -0.2) is 11.2 Å². The van der Waals surface area contributed by atoms with Gasteiger partial charge in [0.1, 0.15) is 5.06 Å². The minimum atomic E-state index is -0.362. The molecule has 0 aliphatic carbocycles. The fourth-order valence-electron chi connectivity index (χ4n) is 0.998. The van der Waals surface area contributed by atoms with E-state index in [0.29, 0.717) is 6.10 Å². The molecule has 2 atom stereocenters. The highest BCUT2D eigenvalue weighted by Gasteiger charge is 2.30. The van der Waals surface area contributed by atoms with Crippen molar-refractivity contribution in [2.24, 2.45) is 0 Å². The Morgan fingerprint density at radius 2 is 2.38 bits per heavy atom. The van der Waals surface area contributed by atoms with Crippen LogP contribution in [0.15, 0.2) is 0 Å². The molecule has 0 amide bonds. The topological polar surface area (TPSA) is 9.23 Å². The van der Waals surface area contributed by atoms with Crippen molar-refractivity contribution < 1.29 is 4.74 Å². The predicted molar refractivity (Wildman–Crippen MR) is 34.0 cm³/mol. The van der Waals surface area contributed by atoms with Gasteiger partial charge in [-0.05, 0) is 26.7 Å². The molecular weight excluding hydrogens is 124 g/mol. The van der Waals surface area contributed by atoms with Crippen LogP contribution in [0.25, 0.3) is 0 Å². The lowest BCUT2D eigenvalue weighted by Crippen LogP contribution is -2.14. The van der Waals surface area contributed by atoms with Crippen molar-refractivity contribution in [2.75, 3.05) is 0 Å². The zero-order valence-corrected chi connectivity index (χ0v) is 6.03. The molecule has 2 unspecified atom stereocenters. The fraction of sp³-hybridized carbons (Fsp3) is 1.00. The molecule has 1 fully saturated rings. The van der Waals surface area contributed by atoms with Gasteiger partial charge in [-0.15, -0.1) is 0 Å². The Labute approximate surface area is 55.0 Å². The molecule has 8 heavy (non-hydrogen) atoms. The van der Waals surface area contributed by atoms with Gasteiger partial charge >= 0.3 is 0 Å². The van der Waals surface area contributed by atoms with Gasteiger partial charge < -0.3 is 4.74 Å². The molecule has 1 saturated heterocycles. The maximum atomic E-state index is 5.84. The molecule has 48 valence electrons. The summed E-state index contributed by atoms with van der Waals surface area (Å²) in [6.45, 7) is 3.96. The summed E-state index contributed by atoms with van der Waals surface area (Å²) >= 11 is 5.84. The van der Waals surface area contributed by atoms with E-state index in [1.165, 1.54) is 0 Å². The molecule has 1 heterocycles. The van der Waals surface area contributed by atoms with E-state index in [4.69, 9.17) is 16.3 Å². The lowest BCUT2D eigenvalue weighted by molar-refractivity contribution is 0.0383. The van der Waals surface area contributed by atoms with Crippen molar-refractivity contribution in [1.82, 2.24) is 0 Å². The van der Waals surface area contributed by atoms with Crippen molar-refractivity contribution in [3.63, 3.8) is 0 Å². The second-order valence-corrected chi connectivity index (χ2v) is 3.37. The highest BCUT2D eigenvalue weighted by Crippen LogP contribution is 2.32. The Morgan fingerprint density at radius 3 is 2.50 bits per heavy atom. The lowest BCUT2D eigenvalue weighted by Gasteiger charge is -2.13. The fourth-order valence-corrected chi connectivity index (χ4v) is 1.26. The molecule has 1 aliphatic heterocycles. The minimum Gasteiger partial charge on any atom is -0.357 e. The summed E-state index contributed by atoms with van der Waals surface area (Å²) in [7, 11) is 0. The molecule has 0 aromatic rings. The standard InChI is InChI=1S/C6H11ClO/c1-5-3-4-6(2,7)8-5/h5H,3-4H2,1-2H3. The predicted octanol–water partition coefficient (Wildman–Crippen LogP) is 2.14. The maximum Gasteiger partial charge on any atom is 0.139 e. The Kier molecular flexibility index (Phi) is 1.50. The normalized spacial score (nSPS) is 47.6. The van der Waals surface area contributed by atoms with Crippen LogP contribution in [0, 0.1) is 0 Å². The molecular formula is C6H11ClO. The first-order chi connectivity index (χ1) is 3.60. The average molecular weight is 135 g/mol. The third kappa shape index (κ3) is 1.36. The quantitative estimate of drug-likeness (QED) is 0.462. The Hall–Kier alpha value is 0.250. The highest BCUT2D eigenvalue weighted by molar-refractivity contribution is 6.22. The van der Waals surface area contributed by atoms with Crippen LogP contribution in [-0.2, 0) is 4.74 Å². The SMILES string of the molecule is CC1CCC(C)(Cl)O1. The number of alkyl halides is 1. The molecule has 1 rings (SSSR count). The van der Waals surface area contributed by atoms with E-state index in [1.54, 1.807) is 0 Å². The number of hydrogen-bond acceptors (Lipinski definition) is 1. The van der Waals surface area contributed by atoms with Crippen LogP contribution in [0.1, 0.15) is 26.7 Å². The highest BCUT2D eigenvalue weighted by atomic mass is 35.5. The van der Waals surface area contributed by atoms with Crippen LogP contribution in [0.4, 0.5) is 0 Å². The molecule has 0 spiro atoms. The molecule has 1 aliphatic rings. The molecule has 0 aromatic heterocycles. The van der Waals surface area contributed by atoms with Crippen molar-refractivity contribution >= 4 is 11.6 Å². The second-order valence-electron chi connectivity index (χ2n) is 2.57. The summed E-state index contributed by atoms with van der Waals surface area (Å²) in [5, 5.41) is -0.362. The van der Waals surface area contributed by atoms with Crippen molar-refractivity contribution in [3.05, 3.63) is 0 Å². The van der Waals surface area contributed by atoms with Gasteiger partial charge in [-0.2, -0.15) is 0 Å². The van der Waals surface area contributed by atoms with E-state index in [1.807, 2.05) is 13.8 Å². The summed E-state index contributed by atoms with van der Waals surface area (Å²) in [5.74, 6) is 0. The molecule has 1 nitrogen and oxygen atoms in total. The third-order valence-electron chi connectivity index (χ3n) is 1.44. The van der Waals surface area contributed by atoms with Crippen LogP contribution in [0.2, 0.25) is 0 Å². The zero-order chi connectivity index (χ0) is 6.20. The van der Waals surface area contributed by atoms with E-state index in [9.17, 15) is 0 Å². The summed E-state index contributed by atoms with van der Waals surface area (Å²) in [6, 6.07) is 0. The van der Waals surface area contributed by atoms with Crippen molar-refractivity contribution in [1.29, 1.82) is 0 Å². The van der Waals surface area contributed by atoms with Gasteiger partial charge in [0, 0.05) is 0 Å². The monoisotopic (exact) mass is 134 g/mol.